The number of nitriles is 1. The first kappa shape index (κ1) is 12.3. The van der Waals surface area contributed by atoms with Crippen molar-refractivity contribution in [3.05, 3.63) is 47.9 Å². The average molecular weight is 237 g/mol. The number of hydrogen-bond acceptors (Lipinski definition) is 3. The second-order valence-corrected chi connectivity index (χ2v) is 4.07. The van der Waals surface area contributed by atoms with Crippen molar-refractivity contribution in [2.45, 2.75) is 26.2 Å². The van der Waals surface area contributed by atoms with E-state index >= 15 is 0 Å². The van der Waals surface area contributed by atoms with Gasteiger partial charge in [-0.3, -0.25) is 0 Å². The van der Waals surface area contributed by atoms with Crippen LogP contribution in [0.15, 0.2) is 36.5 Å². The lowest BCUT2D eigenvalue weighted by Gasteiger charge is -2.04. The van der Waals surface area contributed by atoms with E-state index in [4.69, 9.17) is 5.26 Å². The third-order valence-corrected chi connectivity index (χ3v) is 2.82. The minimum absolute atomic E-state index is 0.457. The Morgan fingerprint density at radius 1 is 1.17 bits per heavy atom. The highest BCUT2D eigenvalue weighted by molar-refractivity contribution is 5.58. The highest BCUT2D eigenvalue weighted by Gasteiger charge is 2.02. The molecule has 0 amide bonds. The van der Waals surface area contributed by atoms with Crippen molar-refractivity contribution in [2.24, 2.45) is 0 Å². The van der Waals surface area contributed by atoms with Gasteiger partial charge in [0, 0.05) is 24.6 Å². The van der Waals surface area contributed by atoms with Crippen molar-refractivity contribution in [1.29, 1.82) is 5.26 Å². The molecule has 0 unspecified atom stereocenters. The molecule has 0 atom stereocenters. The zero-order chi connectivity index (χ0) is 12.8. The van der Waals surface area contributed by atoms with E-state index in [1.165, 1.54) is 5.56 Å². The summed E-state index contributed by atoms with van der Waals surface area (Å²) in [6, 6.07) is 12.4. The van der Waals surface area contributed by atoms with E-state index < -0.39 is 0 Å². The van der Waals surface area contributed by atoms with E-state index in [1.54, 1.807) is 6.20 Å². The molecule has 0 aliphatic rings. The molecule has 0 aliphatic heterocycles. The lowest BCUT2D eigenvalue weighted by Crippen LogP contribution is -1.96. The van der Waals surface area contributed by atoms with Crippen LogP contribution in [0.5, 0.6) is 0 Å². The molecule has 3 heteroatoms. The topological polar surface area (TPSA) is 49.6 Å². The first-order valence-electron chi connectivity index (χ1n) is 6.11. The minimum atomic E-state index is 0.457. The van der Waals surface area contributed by atoms with Gasteiger partial charge in [0.1, 0.15) is 5.82 Å². The first-order valence-corrected chi connectivity index (χ1v) is 6.11. The van der Waals surface area contributed by atoms with Crippen LogP contribution in [0.3, 0.4) is 0 Å². The molecule has 1 heterocycles. The summed E-state index contributed by atoms with van der Waals surface area (Å²) in [4.78, 5) is 8.65. The lowest BCUT2D eigenvalue weighted by atomic mass is 10.1. The smallest absolute Gasteiger partial charge is 0.129 e. The van der Waals surface area contributed by atoms with Crippen LogP contribution in [-0.4, -0.2) is 9.97 Å². The van der Waals surface area contributed by atoms with Crippen molar-refractivity contribution in [3.63, 3.8) is 0 Å². The molecule has 90 valence electrons. The summed E-state index contributed by atoms with van der Waals surface area (Å²) < 4.78 is 0. The fourth-order valence-corrected chi connectivity index (χ4v) is 1.76. The Balaban J connectivity index is 2.24. The molecular formula is C15H15N3. The van der Waals surface area contributed by atoms with Crippen LogP contribution in [0.4, 0.5) is 0 Å². The molecule has 2 aromatic rings. The molecule has 3 nitrogen and oxygen atoms in total. The molecule has 1 aromatic carbocycles. The predicted molar refractivity (Wildman–Crippen MR) is 70.8 cm³/mol. The molecule has 1 aromatic heterocycles. The summed E-state index contributed by atoms with van der Waals surface area (Å²) in [7, 11) is 0. The number of aryl methyl sites for hydroxylation is 2. The van der Waals surface area contributed by atoms with Gasteiger partial charge < -0.3 is 0 Å². The average Bonchev–Trinajstić information content (AvgIpc) is 2.45. The molecule has 0 bridgehead atoms. The minimum Gasteiger partial charge on any atom is -0.241 e. The molecular weight excluding hydrogens is 222 g/mol. The van der Waals surface area contributed by atoms with Crippen LogP contribution in [0.25, 0.3) is 11.3 Å². The molecule has 0 aliphatic carbocycles. The summed E-state index contributed by atoms with van der Waals surface area (Å²) >= 11 is 0. The zero-order valence-electron chi connectivity index (χ0n) is 10.4. The van der Waals surface area contributed by atoms with Crippen LogP contribution in [0.1, 0.15) is 24.7 Å². The quantitative estimate of drug-likeness (QED) is 0.820. The molecule has 0 fully saturated rings. The third kappa shape index (κ3) is 2.92. The largest absolute Gasteiger partial charge is 0.241 e. The molecule has 0 N–H and O–H groups in total. The van der Waals surface area contributed by atoms with Crippen LogP contribution in [-0.2, 0) is 12.8 Å². The van der Waals surface area contributed by atoms with Gasteiger partial charge in [-0.1, -0.05) is 31.2 Å². The van der Waals surface area contributed by atoms with E-state index in [9.17, 15) is 0 Å². The summed E-state index contributed by atoms with van der Waals surface area (Å²) in [5.41, 5.74) is 3.32. The first-order chi connectivity index (χ1) is 8.83. The van der Waals surface area contributed by atoms with Gasteiger partial charge in [0.15, 0.2) is 0 Å². The van der Waals surface area contributed by atoms with Crippen molar-refractivity contribution in [3.8, 4) is 17.3 Å². The Labute approximate surface area is 107 Å². The standard InChI is InChI=1S/C15H15N3/c1-2-12-5-7-13(8-6-12)14-9-11-17-15(18-14)4-3-10-16/h5-9,11H,2-4H2,1H3. The van der Waals surface area contributed by atoms with Crippen LogP contribution in [0, 0.1) is 11.3 Å². The normalized spacial score (nSPS) is 10.0. The lowest BCUT2D eigenvalue weighted by molar-refractivity contribution is 0.887. The van der Waals surface area contributed by atoms with Gasteiger partial charge in [0.05, 0.1) is 11.8 Å². The maximum absolute atomic E-state index is 8.57. The van der Waals surface area contributed by atoms with Crippen molar-refractivity contribution in [2.75, 3.05) is 0 Å². The second-order valence-electron chi connectivity index (χ2n) is 4.07. The Morgan fingerprint density at radius 3 is 2.61 bits per heavy atom. The number of nitrogens with zero attached hydrogens (tertiary/aromatic N) is 3. The maximum Gasteiger partial charge on any atom is 0.129 e. The number of aromatic nitrogens is 2. The Morgan fingerprint density at radius 2 is 1.94 bits per heavy atom. The summed E-state index contributed by atoms with van der Waals surface area (Å²) in [6.45, 7) is 2.14. The van der Waals surface area contributed by atoms with E-state index in [-0.39, 0.29) is 0 Å². The van der Waals surface area contributed by atoms with E-state index in [0.29, 0.717) is 12.8 Å². The van der Waals surface area contributed by atoms with Gasteiger partial charge in [-0.2, -0.15) is 5.26 Å². The van der Waals surface area contributed by atoms with Crippen molar-refractivity contribution in [1.82, 2.24) is 9.97 Å². The Kier molecular flexibility index (Phi) is 4.03. The Hall–Kier alpha value is -2.21. The molecule has 0 spiro atoms. The molecule has 2 rings (SSSR count). The van der Waals surface area contributed by atoms with E-state index in [0.717, 1.165) is 23.5 Å². The summed E-state index contributed by atoms with van der Waals surface area (Å²) in [5, 5.41) is 8.57. The molecule has 0 saturated carbocycles. The van der Waals surface area contributed by atoms with Crippen LogP contribution >= 0.6 is 0 Å². The van der Waals surface area contributed by atoms with Gasteiger partial charge in [-0.25, -0.2) is 9.97 Å². The highest BCUT2D eigenvalue weighted by Crippen LogP contribution is 2.17. The van der Waals surface area contributed by atoms with Gasteiger partial charge >= 0.3 is 0 Å². The van der Waals surface area contributed by atoms with Gasteiger partial charge in [-0.15, -0.1) is 0 Å². The predicted octanol–water partition coefficient (Wildman–Crippen LogP) is 3.16. The highest BCUT2D eigenvalue weighted by atomic mass is 14.9. The number of rotatable bonds is 4. The number of benzene rings is 1. The fraction of sp³-hybridized carbons (Fsp3) is 0.267. The molecule has 18 heavy (non-hydrogen) atoms. The molecule has 0 saturated heterocycles. The third-order valence-electron chi connectivity index (χ3n) is 2.82. The fourth-order valence-electron chi connectivity index (χ4n) is 1.76. The van der Waals surface area contributed by atoms with Crippen molar-refractivity contribution >= 4 is 0 Å². The van der Waals surface area contributed by atoms with Crippen molar-refractivity contribution < 1.29 is 0 Å². The van der Waals surface area contributed by atoms with Gasteiger partial charge in [-0.05, 0) is 18.1 Å². The SMILES string of the molecule is CCc1ccc(-c2ccnc(CCC#N)n2)cc1. The summed E-state index contributed by atoms with van der Waals surface area (Å²) in [5.74, 6) is 0.730. The van der Waals surface area contributed by atoms with Crippen LogP contribution < -0.4 is 0 Å². The van der Waals surface area contributed by atoms with Gasteiger partial charge in [0.25, 0.3) is 0 Å². The van der Waals surface area contributed by atoms with Gasteiger partial charge in [0.2, 0.25) is 0 Å². The maximum atomic E-state index is 8.57. The Bertz CT molecular complexity index is 553. The summed E-state index contributed by atoms with van der Waals surface area (Å²) in [6.07, 6.45) is 3.86. The van der Waals surface area contributed by atoms with E-state index in [2.05, 4.69) is 47.2 Å². The number of hydrogen-bond donors (Lipinski definition) is 0. The molecule has 0 radical (unpaired) electrons. The van der Waals surface area contributed by atoms with E-state index in [1.807, 2.05) is 6.07 Å². The zero-order valence-corrected chi connectivity index (χ0v) is 10.4. The van der Waals surface area contributed by atoms with Crippen LogP contribution in [0.2, 0.25) is 0 Å². The monoisotopic (exact) mass is 237 g/mol. The second kappa shape index (κ2) is 5.92.